The summed E-state index contributed by atoms with van der Waals surface area (Å²) in [6, 6.07) is 1.46. The van der Waals surface area contributed by atoms with Crippen molar-refractivity contribution in [3.8, 4) is 0 Å². The number of hydrogen-bond acceptors (Lipinski definition) is 5. The zero-order valence-electron chi connectivity index (χ0n) is 11.5. The molecule has 2 aromatic rings. The molecule has 1 aliphatic heterocycles. The first-order valence-corrected chi connectivity index (χ1v) is 6.93. The molecule has 0 radical (unpaired) electrons. The summed E-state index contributed by atoms with van der Waals surface area (Å²) in [5.41, 5.74) is 0.494. The van der Waals surface area contributed by atoms with Gasteiger partial charge in [-0.2, -0.15) is 9.36 Å². The second-order valence-electron chi connectivity index (χ2n) is 5.03. The number of hydrogen-bond donors (Lipinski definition) is 0. The van der Waals surface area contributed by atoms with Crippen LogP contribution in [0.15, 0.2) is 23.3 Å². The lowest BCUT2D eigenvalue weighted by Crippen LogP contribution is -2.31. The smallest absolute Gasteiger partial charge is 0.363 e. The predicted molar refractivity (Wildman–Crippen MR) is 71.3 cm³/mol. The van der Waals surface area contributed by atoms with Crippen LogP contribution in [-0.4, -0.2) is 38.0 Å². The summed E-state index contributed by atoms with van der Waals surface area (Å²) in [6.07, 6.45) is 4.75. The molecule has 112 valence electrons. The third-order valence-corrected chi connectivity index (χ3v) is 3.57. The number of ether oxygens (including phenoxy) is 1. The van der Waals surface area contributed by atoms with Gasteiger partial charge in [-0.05, 0) is 41.3 Å². The minimum absolute atomic E-state index is 0.0517. The van der Waals surface area contributed by atoms with Gasteiger partial charge in [0.25, 0.3) is 0 Å². The normalized spacial score (nSPS) is 16.2. The fraction of sp³-hybridized carbons (Fsp3) is 0.538. The Morgan fingerprint density at radius 3 is 2.86 bits per heavy atom. The standard InChI is InChI=1S/C13H16FN5O2/c14-11-7-10(8-15-9-11)1-4-18-13(20)19(17-16-18)12-2-5-21-6-3-12/h7-9,12H,1-6H2. The second kappa shape index (κ2) is 6.13. The average Bonchev–Trinajstić information content (AvgIpc) is 2.87. The van der Waals surface area contributed by atoms with Crippen LogP contribution in [0, 0.1) is 5.82 Å². The molecule has 1 aliphatic rings. The van der Waals surface area contributed by atoms with Crippen LogP contribution < -0.4 is 5.69 Å². The van der Waals surface area contributed by atoms with Crippen molar-refractivity contribution in [2.24, 2.45) is 0 Å². The summed E-state index contributed by atoms with van der Waals surface area (Å²) in [5, 5.41) is 7.83. The Morgan fingerprint density at radius 1 is 1.29 bits per heavy atom. The first-order chi connectivity index (χ1) is 10.2. The van der Waals surface area contributed by atoms with Crippen molar-refractivity contribution in [1.29, 1.82) is 0 Å². The SMILES string of the molecule is O=c1n(CCc2cncc(F)c2)nnn1C1CCOCC1. The average molecular weight is 293 g/mol. The number of rotatable bonds is 4. The van der Waals surface area contributed by atoms with Crippen molar-refractivity contribution in [1.82, 2.24) is 24.8 Å². The number of tetrazole rings is 1. The molecular weight excluding hydrogens is 277 g/mol. The molecule has 0 N–H and O–H groups in total. The predicted octanol–water partition coefficient (Wildman–Crippen LogP) is 0.568. The van der Waals surface area contributed by atoms with Gasteiger partial charge in [-0.3, -0.25) is 4.98 Å². The van der Waals surface area contributed by atoms with Crippen molar-refractivity contribution < 1.29 is 9.13 Å². The Labute approximate surface area is 120 Å². The molecule has 0 spiro atoms. The fourth-order valence-electron chi connectivity index (χ4n) is 2.41. The van der Waals surface area contributed by atoms with Crippen LogP contribution in [0.25, 0.3) is 0 Å². The van der Waals surface area contributed by atoms with Crippen molar-refractivity contribution in [2.45, 2.75) is 31.8 Å². The van der Waals surface area contributed by atoms with E-state index < -0.39 is 0 Å². The maximum absolute atomic E-state index is 13.0. The molecule has 0 saturated carbocycles. The highest BCUT2D eigenvalue weighted by Crippen LogP contribution is 2.17. The van der Waals surface area contributed by atoms with Gasteiger partial charge in [0.05, 0.1) is 18.8 Å². The Hall–Kier alpha value is -2.09. The molecule has 0 atom stereocenters. The van der Waals surface area contributed by atoms with Crippen molar-refractivity contribution in [3.63, 3.8) is 0 Å². The van der Waals surface area contributed by atoms with Crippen LogP contribution in [0.3, 0.4) is 0 Å². The summed E-state index contributed by atoms with van der Waals surface area (Å²) < 4.78 is 21.0. The van der Waals surface area contributed by atoms with Gasteiger partial charge in [-0.15, -0.1) is 0 Å². The van der Waals surface area contributed by atoms with E-state index in [4.69, 9.17) is 4.74 Å². The van der Waals surface area contributed by atoms with Crippen LogP contribution in [0.4, 0.5) is 4.39 Å². The molecule has 1 fully saturated rings. The quantitative estimate of drug-likeness (QED) is 0.824. The maximum atomic E-state index is 13.0. The van der Waals surface area contributed by atoms with Gasteiger partial charge in [0, 0.05) is 19.4 Å². The third kappa shape index (κ3) is 3.15. The zero-order valence-corrected chi connectivity index (χ0v) is 11.5. The highest BCUT2D eigenvalue weighted by atomic mass is 19.1. The lowest BCUT2D eigenvalue weighted by Gasteiger charge is -2.20. The largest absolute Gasteiger partial charge is 0.381 e. The number of pyridine rings is 1. The van der Waals surface area contributed by atoms with Crippen molar-refractivity contribution in [2.75, 3.05) is 13.2 Å². The van der Waals surface area contributed by atoms with Crippen LogP contribution >= 0.6 is 0 Å². The molecule has 3 rings (SSSR count). The van der Waals surface area contributed by atoms with Crippen molar-refractivity contribution >= 4 is 0 Å². The van der Waals surface area contributed by atoms with Crippen LogP contribution in [-0.2, 0) is 17.7 Å². The van der Waals surface area contributed by atoms with E-state index in [1.54, 1.807) is 6.20 Å². The Morgan fingerprint density at radius 2 is 2.10 bits per heavy atom. The molecule has 0 aromatic carbocycles. The van der Waals surface area contributed by atoms with E-state index in [0.717, 1.165) is 24.6 Å². The van der Waals surface area contributed by atoms with Gasteiger partial charge in [-0.1, -0.05) is 0 Å². The molecule has 0 amide bonds. The summed E-state index contributed by atoms with van der Waals surface area (Å²) >= 11 is 0. The molecule has 7 nitrogen and oxygen atoms in total. The fourth-order valence-corrected chi connectivity index (χ4v) is 2.41. The Bertz CT molecular complexity index is 663. The minimum Gasteiger partial charge on any atom is -0.381 e. The van der Waals surface area contributed by atoms with E-state index in [1.807, 2.05) is 0 Å². The molecule has 0 bridgehead atoms. The Kier molecular flexibility index (Phi) is 4.05. The number of halogens is 1. The number of aryl methyl sites for hydroxylation is 2. The molecule has 1 saturated heterocycles. The van der Waals surface area contributed by atoms with Gasteiger partial charge < -0.3 is 4.74 Å². The molecular formula is C13H16FN5O2. The van der Waals surface area contributed by atoms with E-state index in [1.165, 1.54) is 15.4 Å². The highest BCUT2D eigenvalue weighted by molar-refractivity contribution is 5.09. The van der Waals surface area contributed by atoms with E-state index in [2.05, 4.69) is 15.4 Å². The van der Waals surface area contributed by atoms with Gasteiger partial charge >= 0.3 is 5.69 Å². The number of aromatic nitrogens is 5. The van der Waals surface area contributed by atoms with Crippen LogP contribution in [0.5, 0.6) is 0 Å². The number of nitrogens with zero attached hydrogens (tertiary/aromatic N) is 5. The lowest BCUT2D eigenvalue weighted by atomic mass is 10.1. The Balaban J connectivity index is 1.69. The molecule has 3 heterocycles. The molecule has 8 heteroatoms. The topological polar surface area (TPSA) is 74.8 Å². The molecule has 2 aromatic heterocycles. The third-order valence-electron chi connectivity index (χ3n) is 3.57. The summed E-state index contributed by atoms with van der Waals surface area (Å²) in [6.45, 7) is 1.63. The van der Waals surface area contributed by atoms with Gasteiger partial charge in [0.15, 0.2) is 0 Å². The van der Waals surface area contributed by atoms with Gasteiger partial charge in [0.2, 0.25) is 0 Å². The summed E-state index contributed by atoms with van der Waals surface area (Å²) in [5.74, 6) is -0.384. The van der Waals surface area contributed by atoms with Gasteiger partial charge in [0.1, 0.15) is 5.82 Å². The molecule has 21 heavy (non-hydrogen) atoms. The monoisotopic (exact) mass is 293 g/mol. The molecule has 0 unspecified atom stereocenters. The van der Waals surface area contributed by atoms with Crippen molar-refractivity contribution in [3.05, 3.63) is 40.3 Å². The van der Waals surface area contributed by atoms with E-state index in [0.29, 0.717) is 26.2 Å². The van der Waals surface area contributed by atoms with E-state index in [9.17, 15) is 9.18 Å². The first kappa shape index (κ1) is 13.9. The summed E-state index contributed by atoms with van der Waals surface area (Å²) in [4.78, 5) is 16.0. The summed E-state index contributed by atoms with van der Waals surface area (Å²) in [7, 11) is 0. The molecule has 0 aliphatic carbocycles. The second-order valence-corrected chi connectivity index (χ2v) is 5.03. The highest BCUT2D eigenvalue weighted by Gasteiger charge is 2.20. The van der Waals surface area contributed by atoms with E-state index in [-0.39, 0.29) is 17.5 Å². The van der Waals surface area contributed by atoms with Crippen LogP contribution in [0.2, 0.25) is 0 Å². The maximum Gasteiger partial charge on any atom is 0.363 e. The zero-order chi connectivity index (χ0) is 14.7. The van der Waals surface area contributed by atoms with Gasteiger partial charge in [-0.25, -0.2) is 9.18 Å². The lowest BCUT2D eigenvalue weighted by molar-refractivity contribution is 0.0647. The van der Waals surface area contributed by atoms with Crippen LogP contribution in [0.1, 0.15) is 24.4 Å². The first-order valence-electron chi connectivity index (χ1n) is 6.93. The minimum atomic E-state index is -0.384. The van der Waals surface area contributed by atoms with E-state index >= 15 is 0 Å².